The molecule has 0 bridgehead atoms. The molecule has 0 nitrogen and oxygen atoms in total. The topological polar surface area (TPSA) is 0 Å². The first-order valence-corrected chi connectivity index (χ1v) is 12.3. The third kappa shape index (κ3) is 8.25. The van der Waals surface area contributed by atoms with Gasteiger partial charge in [-0.3, -0.25) is 0 Å². The Bertz CT molecular complexity index is 1080. The molecule has 4 aromatic rings. The van der Waals surface area contributed by atoms with Gasteiger partial charge in [-0.1, -0.05) is 69.0 Å². The van der Waals surface area contributed by atoms with Gasteiger partial charge in [0.15, 0.2) is 0 Å². The van der Waals surface area contributed by atoms with Crippen LogP contribution in [0.3, 0.4) is 0 Å². The molecule has 0 saturated heterocycles. The number of aryl methyl sites for hydroxylation is 2. The first-order chi connectivity index (χ1) is 15.0. The van der Waals surface area contributed by atoms with Crippen LogP contribution in [0.4, 0.5) is 0 Å². The van der Waals surface area contributed by atoms with Gasteiger partial charge < -0.3 is 24.8 Å². The number of fused-ring (bicyclic) bond motifs is 3. The largest absolute Gasteiger partial charge is 0.179 e. The van der Waals surface area contributed by atoms with Crippen LogP contribution in [0.25, 0.3) is 11.1 Å². The minimum absolute atomic E-state index is 0. The Morgan fingerprint density at radius 1 is 0.879 bits per heavy atom. The number of halogens is 2. The molecule has 0 amide bonds. The average molecular weight is 553 g/mol. The zero-order valence-corrected chi connectivity index (χ0v) is 23.7. The zero-order valence-electron chi connectivity index (χ0n) is 19.7. The molecule has 0 N–H and O–H groups in total. The van der Waals surface area contributed by atoms with Gasteiger partial charge in [0.25, 0.3) is 0 Å². The fourth-order valence-corrected chi connectivity index (χ4v) is 4.47. The van der Waals surface area contributed by atoms with E-state index in [0.29, 0.717) is 5.92 Å². The summed E-state index contributed by atoms with van der Waals surface area (Å²) in [5, 5.41) is 0. The molecule has 0 spiro atoms. The summed E-state index contributed by atoms with van der Waals surface area (Å²) in [5.41, 5.74) is 11.2. The quantitative estimate of drug-likeness (QED) is 0.292. The summed E-state index contributed by atoms with van der Waals surface area (Å²) in [4.78, 5) is 0. The van der Waals surface area contributed by atoms with Crippen LogP contribution in [0.5, 0.6) is 0 Å². The number of hydrogen-bond donors (Lipinski definition) is 0. The second-order valence-corrected chi connectivity index (χ2v) is 8.99. The monoisotopic (exact) mass is 550 g/mol. The van der Waals surface area contributed by atoms with E-state index in [0.717, 1.165) is 6.42 Å². The normalized spacial score (nSPS) is 10.3. The van der Waals surface area contributed by atoms with Crippen molar-refractivity contribution >= 4 is 3.71 Å². The molecule has 0 radical (unpaired) electrons. The van der Waals surface area contributed by atoms with E-state index in [1.54, 1.807) is 0 Å². The molecule has 0 aromatic heterocycles. The molecule has 5 rings (SSSR count). The van der Waals surface area contributed by atoms with Gasteiger partial charge >= 0.3 is 63.8 Å². The van der Waals surface area contributed by atoms with Crippen molar-refractivity contribution in [2.45, 2.75) is 40.0 Å². The molecular formula is C30H30Cl2Zr-2. The summed E-state index contributed by atoms with van der Waals surface area (Å²) in [6.45, 7) is 8.81. The molecule has 0 aliphatic heterocycles. The summed E-state index contributed by atoms with van der Waals surface area (Å²) in [6, 6.07) is 33.0. The molecule has 1 aliphatic rings. The maximum atomic E-state index is 3.30. The van der Waals surface area contributed by atoms with Crippen LogP contribution in [0.15, 0.2) is 84.9 Å². The first-order valence-electron chi connectivity index (χ1n) is 10.9. The van der Waals surface area contributed by atoms with Crippen LogP contribution >= 0.6 is 0 Å². The third-order valence-corrected chi connectivity index (χ3v) is 6.31. The van der Waals surface area contributed by atoms with E-state index in [-0.39, 0.29) is 24.8 Å². The maximum absolute atomic E-state index is 3.30. The van der Waals surface area contributed by atoms with Gasteiger partial charge in [0.2, 0.25) is 0 Å². The molecule has 0 atom stereocenters. The first kappa shape index (κ1) is 29.4. The molecule has 4 aromatic carbocycles. The smallest absolute Gasteiger partial charge is 0.0253 e. The summed E-state index contributed by atoms with van der Waals surface area (Å²) in [5.74, 6) is 0.675. The zero-order chi connectivity index (χ0) is 22.2. The van der Waals surface area contributed by atoms with E-state index >= 15 is 0 Å². The molecule has 1 aliphatic carbocycles. The number of hydrogen-bond acceptors (Lipinski definition) is 0. The Hall–Kier alpha value is -1.66. The van der Waals surface area contributed by atoms with E-state index in [1.165, 1.54) is 68.7 Å². The standard InChI is InChI=1S/C13H9.C10H15.C7H6.2ClH.Zr/c1-3-7-12-10(5-1)9-11-6-2-4-8-13(11)12;1-7(2)10-6-8(3)5-9(10)4;1-7-5-3-2-4-6-7;;;/h1-5,7-8H,9H2;5-7H,1-4H3;1-6H;2*1H;/q2*-1;;;;+2/p-2. The van der Waals surface area contributed by atoms with Crippen molar-refractivity contribution in [2.75, 3.05) is 0 Å². The molecule has 0 unspecified atom stereocenters. The van der Waals surface area contributed by atoms with Crippen LogP contribution in [0, 0.1) is 19.9 Å². The van der Waals surface area contributed by atoms with Gasteiger partial charge in [-0.25, -0.2) is 6.07 Å². The van der Waals surface area contributed by atoms with Crippen LogP contribution < -0.4 is 24.8 Å². The summed E-state index contributed by atoms with van der Waals surface area (Å²) in [7, 11) is 0. The van der Waals surface area contributed by atoms with E-state index in [1.807, 2.05) is 12.1 Å². The summed E-state index contributed by atoms with van der Waals surface area (Å²) >= 11 is 1.46. The fraction of sp³-hybridized carbons (Fsp3) is 0.200. The molecule has 33 heavy (non-hydrogen) atoms. The van der Waals surface area contributed by atoms with Gasteiger partial charge in [-0.15, -0.1) is 5.56 Å². The Morgan fingerprint density at radius 3 is 2.06 bits per heavy atom. The summed E-state index contributed by atoms with van der Waals surface area (Å²) in [6.07, 6.45) is 1.05. The van der Waals surface area contributed by atoms with Crippen molar-refractivity contribution in [3.63, 3.8) is 0 Å². The Morgan fingerprint density at radius 2 is 1.52 bits per heavy atom. The fourth-order valence-electron chi connectivity index (χ4n) is 3.99. The molecule has 0 saturated carbocycles. The van der Waals surface area contributed by atoms with E-state index in [2.05, 4.69) is 110 Å². The second-order valence-electron chi connectivity index (χ2n) is 8.28. The van der Waals surface area contributed by atoms with Crippen LogP contribution in [0.1, 0.15) is 53.1 Å². The van der Waals surface area contributed by atoms with Gasteiger partial charge in [0, 0.05) is 0 Å². The van der Waals surface area contributed by atoms with Crippen LogP contribution in [-0.4, -0.2) is 3.71 Å². The average Bonchev–Trinajstić information content (AvgIpc) is 3.34. The molecule has 0 heterocycles. The minimum Gasteiger partial charge on any atom is -0.179 e. The van der Waals surface area contributed by atoms with Gasteiger partial charge in [0.1, 0.15) is 0 Å². The predicted octanol–water partition coefficient (Wildman–Crippen LogP) is 1.60. The van der Waals surface area contributed by atoms with Crippen molar-refractivity contribution < 1.29 is 49.0 Å². The van der Waals surface area contributed by atoms with Gasteiger partial charge in [-0.05, 0) is 6.42 Å². The van der Waals surface area contributed by atoms with Gasteiger partial charge in [0.05, 0.1) is 0 Å². The number of benzene rings is 3. The van der Waals surface area contributed by atoms with E-state index in [9.17, 15) is 0 Å². The Kier molecular flexibility index (Phi) is 13.0. The molecule has 3 heteroatoms. The minimum atomic E-state index is 0. The SMILES string of the molecule is Cc1cc(C(C)C)c(C)[cH-]1.[Cl-].[Cl-].[Zr+2]=[CH]c1ccccc1.[c-]1cccc2c1Cc1ccccc1-2. The van der Waals surface area contributed by atoms with Crippen molar-refractivity contribution in [1.29, 1.82) is 0 Å². The van der Waals surface area contributed by atoms with E-state index < -0.39 is 0 Å². The molecule has 170 valence electrons. The molecule has 0 fully saturated rings. The second kappa shape index (κ2) is 14.6. The Labute approximate surface area is 227 Å². The third-order valence-electron chi connectivity index (χ3n) is 5.49. The van der Waals surface area contributed by atoms with Crippen molar-refractivity contribution in [2.24, 2.45) is 0 Å². The maximum Gasteiger partial charge on any atom is -0.0253 e. The van der Waals surface area contributed by atoms with Crippen molar-refractivity contribution in [3.8, 4) is 11.1 Å². The number of rotatable bonds is 2. The van der Waals surface area contributed by atoms with Crippen LogP contribution in [-0.2, 0) is 30.7 Å². The van der Waals surface area contributed by atoms with Crippen LogP contribution in [0.2, 0.25) is 0 Å². The van der Waals surface area contributed by atoms with Gasteiger partial charge in [-0.2, -0.15) is 52.6 Å². The predicted molar refractivity (Wildman–Crippen MR) is 131 cm³/mol. The van der Waals surface area contributed by atoms with E-state index in [4.69, 9.17) is 0 Å². The van der Waals surface area contributed by atoms with Crippen molar-refractivity contribution in [3.05, 3.63) is 124 Å². The molecular weight excluding hydrogens is 522 g/mol. The Balaban J connectivity index is 0.000000248. The van der Waals surface area contributed by atoms with Crippen molar-refractivity contribution in [1.82, 2.24) is 0 Å². The summed E-state index contributed by atoms with van der Waals surface area (Å²) < 4.78 is 2.17.